The number of aryl methyl sites for hydroxylation is 1. The van der Waals surface area contributed by atoms with Crippen LogP contribution in [0, 0.1) is 24.7 Å². The molecule has 2 fully saturated rings. The topological polar surface area (TPSA) is 41.1 Å². The van der Waals surface area contributed by atoms with E-state index < -0.39 is 0 Å². The second-order valence-corrected chi connectivity index (χ2v) is 6.99. The molecule has 2 aliphatic rings. The van der Waals surface area contributed by atoms with Gasteiger partial charge in [-0.1, -0.05) is 36.2 Å². The molecule has 3 nitrogen and oxygen atoms in total. The van der Waals surface area contributed by atoms with Gasteiger partial charge in [-0.2, -0.15) is 0 Å². The van der Waals surface area contributed by atoms with Crippen molar-refractivity contribution in [3.8, 4) is 0 Å². The molecule has 0 saturated heterocycles. The Hall–Kier alpha value is -1.77. The van der Waals surface area contributed by atoms with Crippen LogP contribution in [-0.2, 0) is 0 Å². The Morgan fingerprint density at radius 3 is 2.86 bits per heavy atom. The van der Waals surface area contributed by atoms with Crippen LogP contribution in [0.5, 0.6) is 0 Å². The second-order valence-electron chi connectivity index (χ2n) is 6.99. The molecular formula is C19H26N2O. The summed E-state index contributed by atoms with van der Waals surface area (Å²) in [4.78, 5) is 12.0. The van der Waals surface area contributed by atoms with Crippen molar-refractivity contribution in [2.45, 2.75) is 45.6 Å². The first-order chi connectivity index (χ1) is 10.6. The van der Waals surface area contributed by atoms with Crippen LogP contribution in [0.2, 0.25) is 0 Å². The van der Waals surface area contributed by atoms with Gasteiger partial charge >= 0.3 is 6.03 Å². The molecule has 2 saturated carbocycles. The Balaban J connectivity index is 1.46. The maximum atomic E-state index is 12.0. The van der Waals surface area contributed by atoms with Gasteiger partial charge in [0.25, 0.3) is 0 Å². The summed E-state index contributed by atoms with van der Waals surface area (Å²) >= 11 is 0. The molecule has 2 aliphatic carbocycles. The molecule has 4 unspecified atom stereocenters. The number of rotatable bonds is 4. The van der Waals surface area contributed by atoms with Crippen LogP contribution in [0.1, 0.15) is 43.7 Å². The van der Waals surface area contributed by atoms with Crippen molar-refractivity contribution in [1.29, 1.82) is 0 Å². The normalized spacial score (nSPS) is 28.0. The number of hydrogen-bond donors (Lipinski definition) is 2. The smallest absolute Gasteiger partial charge is 0.318 e. The minimum atomic E-state index is -0.0980. The fourth-order valence-electron chi connectivity index (χ4n) is 4.25. The largest absolute Gasteiger partial charge is 0.335 e. The molecule has 0 spiro atoms. The highest BCUT2D eigenvalue weighted by Crippen LogP contribution is 2.49. The highest BCUT2D eigenvalue weighted by molar-refractivity contribution is 5.76. The summed E-state index contributed by atoms with van der Waals surface area (Å²) in [5, 5.41) is 5.92. The fraction of sp³-hybridized carbons (Fsp3) is 0.526. The highest BCUT2D eigenvalue weighted by Gasteiger charge is 2.42. The quantitative estimate of drug-likeness (QED) is 0.863. The number of urea groups is 1. The molecule has 0 heterocycles. The predicted molar refractivity (Wildman–Crippen MR) is 90.3 cm³/mol. The molecule has 1 aromatic carbocycles. The van der Waals surface area contributed by atoms with E-state index in [1.54, 1.807) is 6.20 Å². The van der Waals surface area contributed by atoms with Gasteiger partial charge in [-0.15, -0.1) is 0 Å². The number of nitrogens with one attached hydrogen (secondary N) is 2. The lowest BCUT2D eigenvalue weighted by molar-refractivity contribution is 0.223. The first kappa shape index (κ1) is 15.1. The van der Waals surface area contributed by atoms with Crippen LogP contribution in [0.25, 0.3) is 6.08 Å². The van der Waals surface area contributed by atoms with Crippen molar-refractivity contribution in [3.05, 3.63) is 41.6 Å². The maximum absolute atomic E-state index is 12.0. The SMILES string of the molecule is Cc1cccc(/C=C/NC(=O)NC(C)C2CC3CCC2C3)c1. The van der Waals surface area contributed by atoms with Gasteiger partial charge < -0.3 is 10.6 Å². The maximum Gasteiger partial charge on any atom is 0.318 e. The lowest BCUT2D eigenvalue weighted by atomic mass is 9.84. The summed E-state index contributed by atoms with van der Waals surface area (Å²) in [7, 11) is 0. The number of amides is 2. The van der Waals surface area contributed by atoms with Crippen LogP contribution < -0.4 is 10.6 Å². The van der Waals surface area contributed by atoms with Gasteiger partial charge in [-0.3, -0.25) is 0 Å². The molecule has 2 bridgehead atoms. The first-order valence-electron chi connectivity index (χ1n) is 8.42. The highest BCUT2D eigenvalue weighted by atomic mass is 16.2. The van der Waals surface area contributed by atoms with Crippen molar-refractivity contribution in [2.75, 3.05) is 0 Å². The average molecular weight is 298 g/mol. The zero-order chi connectivity index (χ0) is 15.5. The van der Waals surface area contributed by atoms with Gasteiger partial charge in [-0.05, 0) is 62.5 Å². The Labute approximate surface area is 133 Å². The molecule has 118 valence electrons. The molecule has 0 radical (unpaired) electrons. The first-order valence-corrected chi connectivity index (χ1v) is 8.42. The van der Waals surface area contributed by atoms with Crippen molar-refractivity contribution >= 4 is 12.1 Å². The molecule has 2 amide bonds. The van der Waals surface area contributed by atoms with Crippen LogP contribution in [0.15, 0.2) is 30.5 Å². The van der Waals surface area contributed by atoms with Gasteiger partial charge in [0.2, 0.25) is 0 Å². The van der Waals surface area contributed by atoms with E-state index >= 15 is 0 Å². The van der Waals surface area contributed by atoms with Crippen molar-refractivity contribution in [1.82, 2.24) is 10.6 Å². The Bertz CT molecular complexity index is 566. The van der Waals surface area contributed by atoms with E-state index in [2.05, 4.69) is 36.6 Å². The molecule has 3 rings (SSSR count). The van der Waals surface area contributed by atoms with Gasteiger partial charge in [-0.25, -0.2) is 4.79 Å². The predicted octanol–water partition coefficient (Wildman–Crippen LogP) is 4.09. The summed E-state index contributed by atoms with van der Waals surface area (Å²) in [5.41, 5.74) is 2.32. The minimum absolute atomic E-state index is 0.0980. The van der Waals surface area contributed by atoms with E-state index in [1.165, 1.54) is 31.2 Å². The number of carbonyl (C=O) groups excluding carboxylic acids is 1. The van der Waals surface area contributed by atoms with Gasteiger partial charge in [0.1, 0.15) is 0 Å². The van der Waals surface area contributed by atoms with Crippen LogP contribution in [0.4, 0.5) is 4.79 Å². The number of benzene rings is 1. The Morgan fingerprint density at radius 1 is 1.32 bits per heavy atom. The molecular weight excluding hydrogens is 272 g/mol. The van der Waals surface area contributed by atoms with E-state index in [-0.39, 0.29) is 12.1 Å². The van der Waals surface area contributed by atoms with Gasteiger partial charge in [0.05, 0.1) is 0 Å². The van der Waals surface area contributed by atoms with E-state index in [4.69, 9.17) is 0 Å². The van der Waals surface area contributed by atoms with Gasteiger partial charge in [0.15, 0.2) is 0 Å². The van der Waals surface area contributed by atoms with E-state index in [0.717, 1.165) is 17.4 Å². The standard InChI is InChI=1S/C19H26N2O/c1-13-4-3-5-15(10-13)8-9-20-19(22)21-14(2)18-12-16-6-7-17(18)11-16/h3-5,8-10,14,16-18H,6-7,11-12H2,1-2H3,(H2,20,21,22)/b9-8+. The fourth-order valence-corrected chi connectivity index (χ4v) is 4.25. The van der Waals surface area contributed by atoms with E-state index in [0.29, 0.717) is 5.92 Å². The Kier molecular flexibility index (Phi) is 4.51. The lowest BCUT2D eigenvalue weighted by Gasteiger charge is -2.28. The van der Waals surface area contributed by atoms with E-state index in [1.807, 2.05) is 18.2 Å². The van der Waals surface area contributed by atoms with Gasteiger partial charge in [0, 0.05) is 12.2 Å². The zero-order valence-corrected chi connectivity index (χ0v) is 13.5. The number of fused-ring (bicyclic) bond motifs is 2. The van der Waals surface area contributed by atoms with Crippen molar-refractivity contribution in [3.63, 3.8) is 0 Å². The average Bonchev–Trinajstić information content (AvgIpc) is 3.10. The molecule has 2 N–H and O–H groups in total. The summed E-state index contributed by atoms with van der Waals surface area (Å²) < 4.78 is 0. The molecule has 3 heteroatoms. The van der Waals surface area contributed by atoms with Crippen LogP contribution in [-0.4, -0.2) is 12.1 Å². The van der Waals surface area contributed by atoms with E-state index in [9.17, 15) is 4.79 Å². The lowest BCUT2D eigenvalue weighted by Crippen LogP contribution is -2.43. The minimum Gasteiger partial charge on any atom is -0.335 e. The molecule has 1 aromatic rings. The van der Waals surface area contributed by atoms with Crippen LogP contribution >= 0.6 is 0 Å². The van der Waals surface area contributed by atoms with Crippen LogP contribution in [0.3, 0.4) is 0 Å². The summed E-state index contributed by atoms with van der Waals surface area (Å²) in [6.07, 6.45) is 9.08. The number of carbonyl (C=O) groups is 1. The monoisotopic (exact) mass is 298 g/mol. The Morgan fingerprint density at radius 2 is 2.18 bits per heavy atom. The summed E-state index contributed by atoms with van der Waals surface area (Å²) in [5.74, 6) is 2.43. The number of hydrogen-bond acceptors (Lipinski definition) is 1. The molecule has 22 heavy (non-hydrogen) atoms. The third kappa shape index (κ3) is 3.52. The zero-order valence-electron chi connectivity index (χ0n) is 13.5. The third-order valence-corrected chi connectivity index (χ3v) is 5.33. The third-order valence-electron chi connectivity index (χ3n) is 5.33. The second kappa shape index (κ2) is 6.55. The summed E-state index contributed by atoms with van der Waals surface area (Å²) in [6, 6.07) is 8.37. The van der Waals surface area contributed by atoms with Crippen molar-refractivity contribution < 1.29 is 4.79 Å². The van der Waals surface area contributed by atoms with Crippen molar-refractivity contribution in [2.24, 2.45) is 17.8 Å². The summed E-state index contributed by atoms with van der Waals surface area (Å²) in [6.45, 7) is 4.21. The molecule has 0 aromatic heterocycles. The molecule has 4 atom stereocenters. The molecule has 0 aliphatic heterocycles.